The number of aliphatic hydroxyl groups excluding tert-OH is 1. The highest BCUT2D eigenvalue weighted by atomic mass is 16.3. The first-order valence-corrected chi connectivity index (χ1v) is 6.62. The van der Waals surface area contributed by atoms with Crippen LogP contribution in [0.2, 0.25) is 0 Å². The highest BCUT2D eigenvalue weighted by molar-refractivity contribution is 6.01. The predicted molar refractivity (Wildman–Crippen MR) is 78.2 cm³/mol. The Hall–Kier alpha value is -1.75. The zero-order valence-electron chi connectivity index (χ0n) is 11.6. The molecule has 5 heteroatoms. The molecule has 5 N–H and O–H groups in total. The Balaban J connectivity index is 3.32. The molecular weight excluding hydrogens is 242 g/mol. The minimum atomic E-state index is -0.504. The number of aliphatic hydroxyl groups is 1. The van der Waals surface area contributed by atoms with Gasteiger partial charge in [-0.25, -0.2) is 0 Å². The Labute approximate surface area is 114 Å². The van der Waals surface area contributed by atoms with Crippen LogP contribution in [0.5, 0.6) is 0 Å². The Morgan fingerprint density at radius 3 is 2.47 bits per heavy atom. The third-order valence-corrected chi connectivity index (χ3v) is 3.34. The van der Waals surface area contributed by atoms with E-state index in [1.807, 2.05) is 4.90 Å². The smallest absolute Gasteiger partial charge is 0.250 e. The van der Waals surface area contributed by atoms with Crippen molar-refractivity contribution in [1.82, 2.24) is 0 Å². The van der Waals surface area contributed by atoms with Gasteiger partial charge in [-0.3, -0.25) is 4.79 Å². The first-order valence-electron chi connectivity index (χ1n) is 6.62. The zero-order chi connectivity index (χ0) is 14.4. The van der Waals surface area contributed by atoms with Crippen LogP contribution >= 0.6 is 0 Å². The van der Waals surface area contributed by atoms with E-state index in [1.54, 1.807) is 18.2 Å². The van der Waals surface area contributed by atoms with Gasteiger partial charge in [-0.2, -0.15) is 0 Å². The second-order valence-corrected chi connectivity index (χ2v) is 4.49. The van der Waals surface area contributed by atoms with Crippen LogP contribution in [0, 0.1) is 0 Å². The Morgan fingerprint density at radius 2 is 2.00 bits per heavy atom. The van der Waals surface area contributed by atoms with E-state index in [4.69, 9.17) is 11.5 Å². The molecule has 0 heterocycles. The molecule has 5 nitrogen and oxygen atoms in total. The van der Waals surface area contributed by atoms with E-state index in [0.29, 0.717) is 23.5 Å². The van der Waals surface area contributed by atoms with Gasteiger partial charge in [0.15, 0.2) is 0 Å². The molecule has 0 aliphatic rings. The largest absolute Gasteiger partial charge is 0.397 e. The molecule has 1 aromatic carbocycles. The van der Waals surface area contributed by atoms with Gasteiger partial charge < -0.3 is 21.5 Å². The van der Waals surface area contributed by atoms with Crippen molar-refractivity contribution in [3.05, 3.63) is 23.8 Å². The van der Waals surface area contributed by atoms with Gasteiger partial charge in [0.2, 0.25) is 0 Å². The number of para-hydroxylation sites is 1. The third kappa shape index (κ3) is 3.38. The molecule has 0 spiro atoms. The molecule has 0 saturated carbocycles. The van der Waals surface area contributed by atoms with Crippen LogP contribution in [0.1, 0.15) is 37.0 Å². The fourth-order valence-electron chi connectivity index (χ4n) is 2.39. The van der Waals surface area contributed by atoms with E-state index in [-0.39, 0.29) is 12.6 Å². The molecule has 0 aliphatic carbocycles. The van der Waals surface area contributed by atoms with Gasteiger partial charge in [0, 0.05) is 12.6 Å². The van der Waals surface area contributed by atoms with Crippen molar-refractivity contribution in [3.63, 3.8) is 0 Å². The lowest BCUT2D eigenvalue weighted by Crippen LogP contribution is -2.38. The summed E-state index contributed by atoms with van der Waals surface area (Å²) in [6, 6.07) is 5.34. The fraction of sp³-hybridized carbons (Fsp3) is 0.500. The Kier molecular flexibility index (Phi) is 5.63. The first-order chi connectivity index (χ1) is 9.06. The van der Waals surface area contributed by atoms with E-state index in [9.17, 15) is 9.90 Å². The third-order valence-electron chi connectivity index (χ3n) is 3.34. The SMILES string of the molecule is CCC(CC)N(CCO)c1c(N)cccc1C(N)=O. The summed E-state index contributed by atoms with van der Waals surface area (Å²) in [5, 5.41) is 9.26. The topological polar surface area (TPSA) is 92.6 Å². The number of amides is 1. The molecule has 1 aromatic rings. The summed E-state index contributed by atoms with van der Waals surface area (Å²) in [4.78, 5) is 13.5. The summed E-state index contributed by atoms with van der Waals surface area (Å²) in [7, 11) is 0. The molecule has 0 unspecified atom stereocenters. The van der Waals surface area contributed by atoms with Crippen molar-refractivity contribution in [2.75, 3.05) is 23.8 Å². The molecule has 19 heavy (non-hydrogen) atoms. The normalized spacial score (nSPS) is 10.7. The van der Waals surface area contributed by atoms with Gasteiger partial charge in [-0.1, -0.05) is 19.9 Å². The second-order valence-electron chi connectivity index (χ2n) is 4.49. The number of nitrogens with zero attached hydrogens (tertiary/aromatic N) is 1. The van der Waals surface area contributed by atoms with Crippen LogP contribution in [-0.2, 0) is 0 Å². The number of anilines is 2. The van der Waals surface area contributed by atoms with Crippen molar-refractivity contribution in [1.29, 1.82) is 0 Å². The van der Waals surface area contributed by atoms with Crippen molar-refractivity contribution >= 4 is 17.3 Å². The summed E-state index contributed by atoms with van der Waals surface area (Å²) in [5.41, 5.74) is 13.0. The number of primary amides is 1. The molecule has 0 aromatic heterocycles. The highest BCUT2D eigenvalue weighted by Gasteiger charge is 2.22. The number of nitrogen functional groups attached to an aromatic ring is 1. The number of hydrogen-bond acceptors (Lipinski definition) is 4. The van der Waals surface area contributed by atoms with Gasteiger partial charge >= 0.3 is 0 Å². The number of hydrogen-bond donors (Lipinski definition) is 3. The van der Waals surface area contributed by atoms with E-state index in [0.717, 1.165) is 12.8 Å². The lowest BCUT2D eigenvalue weighted by atomic mass is 10.0. The van der Waals surface area contributed by atoms with Gasteiger partial charge in [0.25, 0.3) is 5.91 Å². The molecule has 0 bridgehead atoms. The molecular formula is C14H23N3O2. The molecule has 1 rings (SSSR count). The predicted octanol–water partition coefficient (Wildman–Crippen LogP) is 1.36. The molecule has 0 aliphatic heterocycles. The lowest BCUT2D eigenvalue weighted by Gasteiger charge is -2.34. The van der Waals surface area contributed by atoms with E-state index >= 15 is 0 Å². The minimum Gasteiger partial charge on any atom is -0.397 e. The Morgan fingerprint density at radius 1 is 1.37 bits per heavy atom. The van der Waals surface area contributed by atoms with Gasteiger partial charge in [0.05, 0.1) is 23.5 Å². The summed E-state index contributed by atoms with van der Waals surface area (Å²) < 4.78 is 0. The number of nitrogens with two attached hydrogens (primary N) is 2. The maximum absolute atomic E-state index is 11.6. The van der Waals surface area contributed by atoms with Crippen molar-refractivity contribution in [2.45, 2.75) is 32.7 Å². The van der Waals surface area contributed by atoms with Gasteiger partial charge in [-0.15, -0.1) is 0 Å². The molecule has 0 atom stereocenters. The number of benzene rings is 1. The average Bonchev–Trinajstić information content (AvgIpc) is 2.39. The van der Waals surface area contributed by atoms with E-state index in [1.165, 1.54) is 0 Å². The van der Waals surface area contributed by atoms with Crippen LogP contribution in [0.25, 0.3) is 0 Å². The van der Waals surface area contributed by atoms with Crippen LogP contribution in [0.4, 0.5) is 11.4 Å². The number of carbonyl (C=O) groups is 1. The van der Waals surface area contributed by atoms with Crippen molar-refractivity contribution in [2.24, 2.45) is 5.73 Å². The molecule has 1 amide bonds. The maximum Gasteiger partial charge on any atom is 0.250 e. The summed E-state index contributed by atoms with van der Waals surface area (Å²) in [5.74, 6) is -0.504. The summed E-state index contributed by atoms with van der Waals surface area (Å²) in [6.07, 6.45) is 1.81. The molecule has 0 radical (unpaired) electrons. The van der Waals surface area contributed by atoms with Crippen LogP contribution in [-0.4, -0.2) is 30.2 Å². The van der Waals surface area contributed by atoms with Crippen molar-refractivity contribution in [3.8, 4) is 0 Å². The van der Waals surface area contributed by atoms with Crippen LogP contribution in [0.3, 0.4) is 0 Å². The standard InChI is InChI=1S/C14H23N3O2/c1-3-10(4-2)17(8-9-18)13-11(14(16)19)6-5-7-12(13)15/h5-7,10,18H,3-4,8-9,15H2,1-2H3,(H2,16,19). The van der Waals surface area contributed by atoms with Crippen LogP contribution < -0.4 is 16.4 Å². The fourth-order valence-corrected chi connectivity index (χ4v) is 2.39. The number of rotatable bonds is 7. The maximum atomic E-state index is 11.6. The monoisotopic (exact) mass is 265 g/mol. The lowest BCUT2D eigenvalue weighted by molar-refractivity contribution is 0.100. The first kappa shape index (κ1) is 15.3. The second kappa shape index (κ2) is 6.99. The van der Waals surface area contributed by atoms with E-state index < -0.39 is 5.91 Å². The van der Waals surface area contributed by atoms with Gasteiger partial charge in [-0.05, 0) is 25.0 Å². The van der Waals surface area contributed by atoms with Crippen LogP contribution in [0.15, 0.2) is 18.2 Å². The van der Waals surface area contributed by atoms with Crippen molar-refractivity contribution < 1.29 is 9.90 Å². The number of carbonyl (C=O) groups excluding carboxylic acids is 1. The molecule has 0 fully saturated rings. The van der Waals surface area contributed by atoms with Gasteiger partial charge in [0.1, 0.15) is 0 Å². The summed E-state index contributed by atoms with van der Waals surface area (Å²) >= 11 is 0. The highest BCUT2D eigenvalue weighted by Crippen LogP contribution is 2.30. The molecule has 106 valence electrons. The molecule has 0 saturated heterocycles. The quantitative estimate of drug-likeness (QED) is 0.649. The Bertz CT molecular complexity index is 431. The minimum absolute atomic E-state index is 0.00301. The zero-order valence-corrected chi connectivity index (χ0v) is 11.6. The summed E-state index contributed by atoms with van der Waals surface area (Å²) in [6.45, 7) is 4.58. The average molecular weight is 265 g/mol. The van der Waals surface area contributed by atoms with E-state index in [2.05, 4.69) is 13.8 Å².